The molecule has 3 aromatic heterocycles. The molecule has 4 aromatic rings. The number of carbonyl (C=O) groups is 1. The van der Waals surface area contributed by atoms with E-state index in [9.17, 15) is 9.90 Å². The number of aromatic carboxylic acids is 1. The first kappa shape index (κ1) is 17.5. The lowest BCUT2D eigenvalue weighted by molar-refractivity contribution is 0.0685. The molecule has 1 N–H and O–H groups in total. The molecule has 0 aliphatic rings. The maximum atomic E-state index is 11.8. The second kappa shape index (κ2) is 7.02. The van der Waals surface area contributed by atoms with E-state index in [1.807, 2.05) is 36.4 Å². The van der Waals surface area contributed by atoms with Crippen LogP contribution in [0.1, 0.15) is 21.9 Å². The summed E-state index contributed by atoms with van der Waals surface area (Å²) in [6.45, 7) is 1.92. The Bertz CT molecular complexity index is 1110. The van der Waals surface area contributed by atoms with Gasteiger partial charge in [0.25, 0.3) is 0 Å². The van der Waals surface area contributed by atoms with Gasteiger partial charge in [-0.1, -0.05) is 47.1 Å². The minimum Gasteiger partial charge on any atom is -0.477 e. The molecule has 3 heterocycles. The Morgan fingerprint density at radius 1 is 1.26 bits per heavy atom. The van der Waals surface area contributed by atoms with Gasteiger partial charge < -0.3 is 14.2 Å². The van der Waals surface area contributed by atoms with Crippen molar-refractivity contribution in [1.29, 1.82) is 0 Å². The van der Waals surface area contributed by atoms with Crippen molar-refractivity contribution in [3.8, 4) is 22.0 Å². The van der Waals surface area contributed by atoms with Crippen LogP contribution in [0.2, 0.25) is 4.34 Å². The quantitative estimate of drug-likeness (QED) is 0.512. The number of hydrogen-bond donors (Lipinski definition) is 1. The monoisotopic (exact) mass is 399 g/mol. The van der Waals surface area contributed by atoms with Gasteiger partial charge in [0.05, 0.1) is 21.5 Å². The van der Waals surface area contributed by atoms with Crippen LogP contribution in [0.3, 0.4) is 0 Å². The number of aromatic nitrogens is 3. The van der Waals surface area contributed by atoms with Crippen LogP contribution in [0, 0.1) is 6.92 Å². The Morgan fingerprint density at radius 2 is 2.04 bits per heavy atom. The van der Waals surface area contributed by atoms with Gasteiger partial charge >= 0.3 is 5.97 Å². The number of aryl methyl sites for hydroxylation is 1. The molecule has 6 nitrogen and oxygen atoms in total. The zero-order valence-electron chi connectivity index (χ0n) is 14.2. The molecular formula is C19H14ClN3O3S. The highest BCUT2D eigenvalue weighted by Crippen LogP contribution is 2.32. The molecule has 0 radical (unpaired) electrons. The zero-order chi connectivity index (χ0) is 19.0. The van der Waals surface area contributed by atoms with E-state index in [0.717, 1.165) is 10.4 Å². The largest absolute Gasteiger partial charge is 0.477 e. The number of hydrogen-bond acceptors (Lipinski definition) is 5. The molecule has 27 heavy (non-hydrogen) atoms. The highest BCUT2D eigenvalue weighted by Gasteiger charge is 2.22. The van der Waals surface area contributed by atoms with Gasteiger partial charge in [-0.2, -0.15) is 0 Å². The summed E-state index contributed by atoms with van der Waals surface area (Å²) in [6, 6.07) is 14.9. The molecule has 0 spiro atoms. The van der Waals surface area contributed by atoms with Crippen LogP contribution >= 0.6 is 22.9 Å². The third-order valence-corrected chi connectivity index (χ3v) is 5.32. The van der Waals surface area contributed by atoms with Gasteiger partial charge in [0.15, 0.2) is 11.5 Å². The van der Waals surface area contributed by atoms with Crippen molar-refractivity contribution in [3.63, 3.8) is 0 Å². The average molecular weight is 400 g/mol. The summed E-state index contributed by atoms with van der Waals surface area (Å²) in [4.78, 5) is 17.1. The summed E-state index contributed by atoms with van der Waals surface area (Å²) in [5.74, 6) is 0.141. The number of imidazole rings is 1. The van der Waals surface area contributed by atoms with Crippen LogP contribution in [0.25, 0.3) is 22.0 Å². The standard InChI is InChI=1S/C19H14ClN3O3S/c1-11-17(19(24)25)23(18(21-11)12-5-3-2-4-6-12)10-13-9-14(26-22-13)15-7-8-16(20)27-15/h2-9H,10H2,1H3,(H,24,25). The van der Waals surface area contributed by atoms with E-state index in [1.54, 1.807) is 23.6 Å². The number of carboxylic acids is 1. The van der Waals surface area contributed by atoms with Gasteiger partial charge in [-0.05, 0) is 19.1 Å². The van der Waals surface area contributed by atoms with Crippen molar-refractivity contribution < 1.29 is 14.4 Å². The maximum Gasteiger partial charge on any atom is 0.354 e. The fourth-order valence-corrected chi connectivity index (χ4v) is 3.91. The molecular weight excluding hydrogens is 386 g/mol. The molecule has 4 rings (SSSR count). The molecule has 0 fully saturated rings. The topological polar surface area (TPSA) is 81.2 Å². The van der Waals surface area contributed by atoms with Gasteiger partial charge in [-0.25, -0.2) is 9.78 Å². The molecule has 0 aliphatic carbocycles. The molecule has 0 atom stereocenters. The predicted octanol–water partition coefficient (Wildman–Crippen LogP) is 4.97. The van der Waals surface area contributed by atoms with Gasteiger partial charge in [-0.3, -0.25) is 0 Å². The first-order valence-electron chi connectivity index (χ1n) is 8.10. The van der Waals surface area contributed by atoms with Crippen molar-refractivity contribution in [3.05, 3.63) is 69.9 Å². The van der Waals surface area contributed by atoms with E-state index in [2.05, 4.69) is 10.1 Å². The minimum absolute atomic E-state index is 0.137. The Morgan fingerprint density at radius 3 is 2.70 bits per heavy atom. The number of benzene rings is 1. The van der Waals surface area contributed by atoms with Crippen molar-refractivity contribution in [2.24, 2.45) is 0 Å². The first-order chi connectivity index (χ1) is 13.0. The fraction of sp³-hybridized carbons (Fsp3) is 0.105. The number of rotatable bonds is 5. The Labute approximate surface area is 163 Å². The maximum absolute atomic E-state index is 11.8. The lowest BCUT2D eigenvalue weighted by Gasteiger charge is -2.08. The molecule has 8 heteroatoms. The van der Waals surface area contributed by atoms with Crippen LogP contribution in [0.4, 0.5) is 0 Å². The van der Waals surface area contributed by atoms with Crippen LogP contribution in [-0.2, 0) is 6.54 Å². The van der Waals surface area contributed by atoms with E-state index in [4.69, 9.17) is 16.1 Å². The number of nitrogens with zero attached hydrogens (tertiary/aromatic N) is 3. The van der Waals surface area contributed by atoms with Gasteiger partial charge in [0.2, 0.25) is 0 Å². The molecule has 0 saturated heterocycles. The number of thiophene rings is 1. The van der Waals surface area contributed by atoms with Crippen LogP contribution < -0.4 is 0 Å². The third kappa shape index (κ3) is 3.39. The highest BCUT2D eigenvalue weighted by molar-refractivity contribution is 7.19. The third-order valence-electron chi connectivity index (χ3n) is 4.07. The molecule has 0 amide bonds. The second-order valence-corrected chi connectivity index (χ2v) is 7.63. The van der Waals surface area contributed by atoms with Crippen molar-refractivity contribution in [2.75, 3.05) is 0 Å². The fourth-order valence-electron chi connectivity index (χ4n) is 2.92. The summed E-state index contributed by atoms with van der Waals surface area (Å²) in [5, 5.41) is 13.7. The second-order valence-electron chi connectivity index (χ2n) is 5.91. The average Bonchev–Trinajstić information content (AvgIpc) is 3.35. The summed E-state index contributed by atoms with van der Waals surface area (Å²) >= 11 is 7.36. The Balaban J connectivity index is 1.75. The summed E-state index contributed by atoms with van der Waals surface area (Å²) < 4.78 is 7.72. The van der Waals surface area contributed by atoms with E-state index in [-0.39, 0.29) is 12.2 Å². The van der Waals surface area contributed by atoms with E-state index >= 15 is 0 Å². The van der Waals surface area contributed by atoms with Gasteiger partial charge in [0, 0.05) is 11.6 Å². The van der Waals surface area contributed by atoms with Crippen LogP contribution in [0.15, 0.2) is 53.1 Å². The molecule has 1 aromatic carbocycles. The minimum atomic E-state index is -1.03. The van der Waals surface area contributed by atoms with Crippen molar-refractivity contribution in [2.45, 2.75) is 13.5 Å². The predicted molar refractivity (Wildman–Crippen MR) is 103 cm³/mol. The summed E-state index contributed by atoms with van der Waals surface area (Å²) in [6.07, 6.45) is 0. The lowest BCUT2D eigenvalue weighted by atomic mass is 10.2. The first-order valence-corrected chi connectivity index (χ1v) is 9.29. The smallest absolute Gasteiger partial charge is 0.354 e. The van der Waals surface area contributed by atoms with E-state index < -0.39 is 5.97 Å². The Kier molecular flexibility index (Phi) is 4.55. The van der Waals surface area contributed by atoms with Crippen LogP contribution in [0.5, 0.6) is 0 Å². The highest BCUT2D eigenvalue weighted by atomic mass is 35.5. The molecule has 0 saturated carbocycles. The van der Waals surface area contributed by atoms with Crippen molar-refractivity contribution >= 4 is 28.9 Å². The van der Waals surface area contributed by atoms with E-state index in [1.165, 1.54) is 11.3 Å². The van der Waals surface area contributed by atoms with E-state index in [0.29, 0.717) is 27.3 Å². The molecule has 0 unspecified atom stereocenters. The normalized spacial score (nSPS) is 11.0. The molecule has 0 bridgehead atoms. The van der Waals surface area contributed by atoms with Crippen LogP contribution in [-0.4, -0.2) is 25.8 Å². The summed E-state index contributed by atoms with van der Waals surface area (Å²) in [7, 11) is 0. The molecule has 136 valence electrons. The van der Waals surface area contributed by atoms with Gasteiger partial charge in [0.1, 0.15) is 11.5 Å². The zero-order valence-corrected chi connectivity index (χ0v) is 15.8. The van der Waals surface area contributed by atoms with Gasteiger partial charge in [-0.15, -0.1) is 11.3 Å². The molecule has 0 aliphatic heterocycles. The number of halogens is 1. The lowest BCUT2D eigenvalue weighted by Crippen LogP contribution is -2.12. The Hall–Kier alpha value is -2.90. The SMILES string of the molecule is Cc1nc(-c2ccccc2)n(Cc2cc(-c3ccc(Cl)s3)on2)c1C(=O)O. The van der Waals surface area contributed by atoms with Crippen molar-refractivity contribution in [1.82, 2.24) is 14.7 Å². The number of carboxylic acid groups (broad SMARTS) is 1. The summed E-state index contributed by atoms with van der Waals surface area (Å²) in [5.41, 5.74) is 2.03.